The monoisotopic (exact) mass is 373 g/mol. The summed E-state index contributed by atoms with van der Waals surface area (Å²) in [4.78, 5) is 11.3. The minimum atomic E-state index is -0.700. The number of aliphatic hydroxyl groups is 1. The molecule has 3 heteroatoms. The zero-order chi connectivity index (χ0) is 19.4. The molecule has 4 aliphatic carbocycles. The first kappa shape index (κ1) is 19.3. The zero-order valence-corrected chi connectivity index (χ0v) is 17.5. The fraction of sp³-hybridized carbons (Fsp3) is 0.875. The minimum Gasteiger partial charge on any atom is -0.503 e. The van der Waals surface area contributed by atoms with Crippen molar-refractivity contribution in [3.8, 4) is 0 Å². The molecular formula is C24H39NO2. The largest absolute Gasteiger partial charge is 0.503 e. The molecule has 0 aromatic heterocycles. The van der Waals surface area contributed by atoms with Crippen LogP contribution in [0.5, 0.6) is 0 Å². The van der Waals surface area contributed by atoms with Crippen LogP contribution in [0.3, 0.4) is 0 Å². The Morgan fingerprint density at radius 3 is 2.48 bits per heavy atom. The standard InChI is InChI=1S/C24H39NO2/c1-15(14-21(26)22(25)27)18-9-10-19-17-8-7-16-6-4-5-12-23(16,2)20(17)11-13-24(18,19)3/h14-20,26H,4-13H2,1-3H3,(H2,25,27)/t15-,16?,17+,18-,19+,20+,23+,24-/m1/s1. The molecule has 8 atom stereocenters. The van der Waals surface area contributed by atoms with Crippen molar-refractivity contribution < 1.29 is 9.90 Å². The summed E-state index contributed by atoms with van der Waals surface area (Å²) in [6, 6.07) is 0. The normalized spacial score (nSPS) is 48.3. The molecule has 4 saturated carbocycles. The second kappa shape index (κ2) is 6.81. The van der Waals surface area contributed by atoms with E-state index in [1.807, 2.05) is 0 Å². The van der Waals surface area contributed by atoms with Crippen LogP contribution in [-0.2, 0) is 4.79 Å². The number of rotatable bonds is 3. The summed E-state index contributed by atoms with van der Waals surface area (Å²) in [6.07, 6.45) is 15.7. The van der Waals surface area contributed by atoms with Gasteiger partial charge in [-0.25, -0.2) is 0 Å². The highest BCUT2D eigenvalue weighted by atomic mass is 16.3. The molecule has 0 heterocycles. The van der Waals surface area contributed by atoms with E-state index in [1.54, 1.807) is 6.08 Å². The summed E-state index contributed by atoms with van der Waals surface area (Å²) in [6.45, 7) is 7.33. The van der Waals surface area contributed by atoms with Crippen molar-refractivity contribution in [3.63, 3.8) is 0 Å². The molecule has 0 saturated heterocycles. The summed E-state index contributed by atoms with van der Waals surface area (Å²) < 4.78 is 0. The zero-order valence-electron chi connectivity index (χ0n) is 17.5. The van der Waals surface area contributed by atoms with Gasteiger partial charge in [-0.2, -0.15) is 0 Å². The average Bonchev–Trinajstić information content (AvgIpc) is 2.98. The third-order valence-corrected chi connectivity index (χ3v) is 9.96. The molecule has 0 spiro atoms. The van der Waals surface area contributed by atoms with Gasteiger partial charge in [0.1, 0.15) is 0 Å². The number of nitrogens with two attached hydrogens (primary N) is 1. The summed E-state index contributed by atoms with van der Waals surface area (Å²) in [5, 5.41) is 9.87. The number of fused-ring (bicyclic) bond motifs is 5. The molecule has 0 bridgehead atoms. The highest BCUT2D eigenvalue weighted by molar-refractivity contribution is 5.89. The second-order valence-electron chi connectivity index (χ2n) is 10.9. The number of amides is 1. The summed E-state index contributed by atoms with van der Waals surface area (Å²) in [7, 11) is 0. The van der Waals surface area contributed by atoms with Gasteiger partial charge in [-0.1, -0.05) is 33.6 Å². The fourth-order valence-electron chi connectivity index (χ4n) is 8.65. The van der Waals surface area contributed by atoms with E-state index < -0.39 is 5.91 Å². The number of primary amides is 1. The highest BCUT2D eigenvalue weighted by Gasteiger charge is 2.60. The van der Waals surface area contributed by atoms with Gasteiger partial charge in [0.2, 0.25) is 0 Å². The lowest BCUT2D eigenvalue weighted by molar-refractivity contribution is -0.117. The lowest BCUT2D eigenvalue weighted by Crippen LogP contribution is -2.53. The fourth-order valence-corrected chi connectivity index (χ4v) is 8.65. The Kier molecular flexibility index (Phi) is 4.88. The van der Waals surface area contributed by atoms with Gasteiger partial charge in [-0.05, 0) is 104 Å². The Labute approximate surface area is 165 Å². The van der Waals surface area contributed by atoms with Gasteiger partial charge < -0.3 is 10.8 Å². The first-order valence-electron chi connectivity index (χ1n) is 11.5. The predicted molar refractivity (Wildman–Crippen MR) is 109 cm³/mol. The van der Waals surface area contributed by atoms with Gasteiger partial charge in [0.25, 0.3) is 5.91 Å². The third kappa shape index (κ3) is 2.95. The van der Waals surface area contributed by atoms with E-state index in [9.17, 15) is 9.90 Å². The first-order valence-corrected chi connectivity index (χ1v) is 11.5. The van der Waals surface area contributed by atoms with E-state index in [2.05, 4.69) is 20.8 Å². The minimum absolute atomic E-state index is 0.214. The van der Waals surface area contributed by atoms with E-state index in [1.165, 1.54) is 64.2 Å². The molecule has 1 amide bonds. The second-order valence-corrected chi connectivity index (χ2v) is 10.9. The van der Waals surface area contributed by atoms with Crippen LogP contribution >= 0.6 is 0 Å². The number of allylic oxidation sites excluding steroid dienone is 1. The molecule has 0 aromatic carbocycles. The van der Waals surface area contributed by atoms with Crippen molar-refractivity contribution in [2.24, 2.45) is 52.1 Å². The Morgan fingerprint density at radius 1 is 1.00 bits per heavy atom. The Balaban J connectivity index is 1.56. The molecule has 4 aliphatic rings. The molecule has 1 unspecified atom stereocenters. The molecule has 0 radical (unpaired) electrons. The summed E-state index contributed by atoms with van der Waals surface area (Å²) in [5.41, 5.74) is 6.20. The third-order valence-electron chi connectivity index (χ3n) is 9.96. The van der Waals surface area contributed by atoms with Crippen LogP contribution < -0.4 is 5.73 Å². The Morgan fingerprint density at radius 2 is 1.74 bits per heavy atom. The number of hydrogen-bond acceptors (Lipinski definition) is 2. The molecule has 0 aliphatic heterocycles. The molecule has 0 aromatic rings. The molecule has 27 heavy (non-hydrogen) atoms. The Hall–Kier alpha value is -0.990. The van der Waals surface area contributed by atoms with Crippen LogP contribution in [0.2, 0.25) is 0 Å². The molecule has 4 fully saturated rings. The van der Waals surface area contributed by atoms with Gasteiger partial charge in [0.05, 0.1) is 0 Å². The maximum atomic E-state index is 11.3. The van der Waals surface area contributed by atoms with Crippen LogP contribution in [0.4, 0.5) is 0 Å². The van der Waals surface area contributed by atoms with Crippen LogP contribution in [0.25, 0.3) is 0 Å². The van der Waals surface area contributed by atoms with Gasteiger partial charge in [-0.3, -0.25) is 4.79 Å². The summed E-state index contributed by atoms with van der Waals surface area (Å²) in [5.74, 6) is 3.45. The van der Waals surface area contributed by atoms with Gasteiger partial charge in [-0.15, -0.1) is 0 Å². The number of hydrogen-bond donors (Lipinski definition) is 2. The number of carbonyl (C=O) groups is 1. The maximum Gasteiger partial charge on any atom is 0.283 e. The van der Waals surface area contributed by atoms with Crippen LogP contribution in [0, 0.1) is 46.3 Å². The molecular weight excluding hydrogens is 334 g/mol. The predicted octanol–water partition coefficient (Wildman–Crippen LogP) is 5.60. The average molecular weight is 374 g/mol. The van der Waals surface area contributed by atoms with Crippen molar-refractivity contribution in [2.75, 3.05) is 0 Å². The lowest BCUT2D eigenvalue weighted by atomic mass is 9.44. The van der Waals surface area contributed by atoms with E-state index in [0.29, 0.717) is 16.7 Å². The summed E-state index contributed by atoms with van der Waals surface area (Å²) >= 11 is 0. The van der Waals surface area contributed by atoms with E-state index >= 15 is 0 Å². The maximum absolute atomic E-state index is 11.3. The SMILES string of the molecule is C[C@H](C=C(O)C(N)=O)[C@H]1CC[C@H]2[C@@H]3CCC4CCCC[C@]4(C)[C@H]3CC[C@]12C. The molecule has 3 N–H and O–H groups in total. The van der Waals surface area contributed by atoms with Gasteiger partial charge >= 0.3 is 0 Å². The van der Waals surface area contributed by atoms with Crippen molar-refractivity contribution in [1.29, 1.82) is 0 Å². The topological polar surface area (TPSA) is 63.3 Å². The van der Waals surface area contributed by atoms with E-state index in [-0.39, 0.29) is 11.7 Å². The first-order chi connectivity index (χ1) is 12.8. The van der Waals surface area contributed by atoms with Crippen LogP contribution in [0.1, 0.15) is 85.0 Å². The lowest BCUT2D eigenvalue weighted by Gasteiger charge is -2.60. The van der Waals surface area contributed by atoms with Crippen molar-refractivity contribution in [3.05, 3.63) is 11.8 Å². The van der Waals surface area contributed by atoms with E-state index in [0.717, 1.165) is 23.7 Å². The molecule has 4 rings (SSSR count). The van der Waals surface area contributed by atoms with Crippen LogP contribution in [0.15, 0.2) is 11.8 Å². The molecule has 152 valence electrons. The van der Waals surface area contributed by atoms with Crippen molar-refractivity contribution >= 4 is 5.91 Å². The van der Waals surface area contributed by atoms with Gasteiger partial charge in [0.15, 0.2) is 5.76 Å². The van der Waals surface area contributed by atoms with Crippen LogP contribution in [-0.4, -0.2) is 11.0 Å². The number of carbonyl (C=O) groups excluding carboxylic acids is 1. The van der Waals surface area contributed by atoms with Crippen molar-refractivity contribution in [2.45, 2.75) is 85.0 Å². The van der Waals surface area contributed by atoms with E-state index in [4.69, 9.17) is 5.73 Å². The Bertz CT molecular complexity index is 628. The number of aliphatic hydroxyl groups excluding tert-OH is 1. The van der Waals surface area contributed by atoms with Gasteiger partial charge in [0, 0.05) is 0 Å². The smallest absolute Gasteiger partial charge is 0.283 e. The molecule has 3 nitrogen and oxygen atoms in total. The quantitative estimate of drug-likeness (QED) is 0.499. The van der Waals surface area contributed by atoms with Crippen molar-refractivity contribution in [1.82, 2.24) is 0 Å². The highest BCUT2D eigenvalue weighted by Crippen LogP contribution is 2.68.